The van der Waals surface area contributed by atoms with Crippen LogP contribution in [0.15, 0.2) is 23.2 Å². The molecule has 1 aliphatic rings. The summed E-state index contributed by atoms with van der Waals surface area (Å²) in [7, 11) is 1.74. The van der Waals surface area contributed by atoms with E-state index in [1.54, 1.807) is 13.3 Å². The number of ether oxygens (including phenoxy) is 2. The second-order valence-corrected chi connectivity index (χ2v) is 5.79. The van der Waals surface area contributed by atoms with E-state index < -0.39 is 0 Å². The Labute approximate surface area is 125 Å². The topological polar surface area (TPSA) is 60.7 Å². The van der Waals surface area contributed by atoms with E-state index in [0.29, 0.717) is 6.61 Å². The van der Waals surface area contributed by atoms with Crippen molar-refractivity contribution in [3.05, 3.63) is 28.9 Å². The first-order chi connectivity index (χ1) is 9.72. The third-order valence-corrected chi connectivity index (χ3v) is 4.10. The van der Waals surface area contributed by atoms with Gasteiger partial charge in [0.25, 0.3) is 0 Å². The van der Waals surface area contributed by atoms with Gasteiger partial charge in [-0.05, 0) is 15.9 Å². The Balaban J connectivity index is 1.66. The minimum atomic E-state index is -0.192. The maximum Gasteiger partial charge on any atom is 0.155 e. The van der Waals surface area contributed by atoms with Crippen molar-refractivity contribution in [1.29, 1.82) is 0 Å². The molecule has 2 aromatic rings. The highest BCUT2D eigenvalue weighted by Gasteiger charge is 2.34. The van der Waals surface area contributed by atoms with Crippen LogP contribution in [0.5, 0.6) is 0 Å². The summed E-state index contributed by atoms with van der Waals surface area (Å²) in [5.74, 6) is 0. The van der Waals surface area contributed by atoms with Gasteiger partial charge in [0.05, 0.1) is 24.7 Å². The molecule has 0 spiro atoms. The molecule has 0 amide bonds. The van der Waals surface area contributed by atoms with Crippen LogP contribution < -0.4 is 5.32 Å². The number of imidazole rings is 1. The SMILES string of the molecule is COC1(CNCc2cnc3cnc(Br)cn23)CCOC1. The molecule has 6 nitrogen and oxygen atoms in total. The van der Waals surface area contributed by atoms with Gasteiger partial charge in [0, 0.05) is 39.4 Å². The molecule has 1 aliphatic heterocycles. The lowest BCUT2D eigenvalue weighted by Crippen LogP contribution is -2.42. The Morgan fingerprint density at radius 2 is 2.40 bits per heavy atom. The number of nitrogens with one attached hydrogen (secondary N) is 1. The van der Waals surface area contributed by atoms with E-state index in [2.05, 4.69) is 31.2 Å². The molecule has 0 aliphatic carbocycles. The minimum Gasteiger partial charge on any atom is -0.378 e. The summed E-state index contributed by atoms with van der Waals surface area (Å²) in [5.41, 5.74) is 1.74. The van der Waals surface area contributed by atoms with Gasteiger partial charge in [0.1, 0.15) is 10.2 Å². The Kier molecular flexibility index (Phi) is 4.02. The number of fused-ring (bicyclic) bond motifs is 1. The number of hydrogen-bond donors (Lipinski definition) is 1. The number of methoxy groups -OCH3 is 1. The van der Waals surface area contributed by atoms with Crippen molar-refractivity contribution in [3.63, 3.8) is 0 Å². The van der Waals surface area contributed by atoms with Crippen molar-refractivity contribution in [2.75, 3.05) is 26.9 Å². The van der Waals surface area contributed by atoms with Crippen molar-refractivity contribution in [3.8, 4) is 0 Å². The number of rotatable bonds is 5. The summed E-state index contributed by atoms with van der Waals surface area (Å²) < 4.78 is 13.8. The lowest BCUT2D eigenvalue weighted by atomic mass is 10.0. The standard InChI is InChI=1S/C13H17BrN4O2/c1-19-13(2-3-20-9-13)8-15-4-10-5-17-12-6-16-11(14)7-18(10)12/h5-7,15H,2-4,8-9H2,1H3. The molecule has 0 aromatic carbocycles. The summed E-state index contributed by atoms with van der Waals surface area (Å²) in [6, 6.07) is 0. The summed E-state index contributed by atoms with van der Waals surface area (Å²) in [4.78, 5) is 8.50. The van der Waals surface area contributed by atoms with E-state index in [-0.39, 0.29) is 5.60 Å². The highest BCUT2D eigenvalue weighted by molar-refractivity contribution is 9.10. The molecular formula is C13H17BrN4O2. The quantitative estimate of drug-likeness (QED) is 0.891. The molecular weight excluding hydrogens is 324 g/mol. The van der Waals surface area contributed by atoms with Gasteiger partial charge in [-0.3, -0.25) is 4.40 Å². The molecule has 1 atom stereocenters. The van der Waals surface area contributed by atoms with Crippen LogP contribution in [0.25, 0.3) is 5.65 Å². The zero-order chi connectivity index (χ0) is 14.0. The zero-order valence-corrected chi connectivity index (χ0v) is 12.9. The third-order valence-electron chi connectivity index (χ3n) is 3.69. The van der Waals surface area contributed by atoms with Crippen LogP contribution in [0.3, 0.4) is 0 Å². The van der Waals surface area contributed by atoms with Gasteiger partial charge in [-0.15, -0.1) is 0 Å². The van der Waals surface area contributed by atoms with Gasteiger partial charge in [0.2, 0.25) is 0 Å². The Bertz CT molecular complexity index is 595. The maximum absolute atomic E-state index is 5.60. The first kappa shape index (κ1) is 13.9. The molecule has 1 fully saturated rings. The van der Waals surface area contributed by atoms with Crippen molar-refractivity contribution < 1.29 is 9.47 Å². The van der Waals surface area contributed by atoms with Gasteiger partial charge < -0.3 is 14.8 Å². The predicted molar refractivity (Wildman–Crippen MR) is 77.6 cm³/mol. The predicted octanol–water partition coefficient (Wildman–Crippen LogP) is 1.39. The smallest absolute Gasteiger partial charge is 0.155 e. The van der Waals surface area contributed by atoms with E-state index in [1.807, 2.05) is 16.8 Å². The van der Waals surface area contributed by atoms with Crippen LogP contribution in [0.4, 0.5) is 0 Å². The average molecular weight is 341 g/mol. The molecule has 1 unspecified atom stereocenters. The van der Waals surface area contributed by atoms with Crippen LogP contribution in [-0.2, 0) is 16.0 Å². The van der Waals surface area contributed by atoms with E-state index >= 15 is 0 Å². The molecule has 3 heterocycles. The number of aromatic nitrogens is 3. The molecule has 3 rings (SSSR count). The maximum atomic E-state index is 5.60. The minimum absolute atomic E-state index is 0.192. The number of nitrogens with zero attached hydrogens (tertiary/aromatic N) is 3. The van der Waals surface area contributed by atoms with Crippen molar-refractivity contribution in [2.45, 2.75) is 18.6 Å². The van der Waals surface area contributed by atoms with Crippen LogP contribution in [-0.4, -0.2) is 46.8 Å². The molecule has 0 bridgehead atoms. The van der Waals surface area contributed by atoms with Crippen LogP contribution in [0.2, 0.25) is 0 Å². The van der Waals surface area contributed by atoms with E-state index in [4.69, 9.17) is 9.47 Å². The lowest BCUT2D eigenvalue weighted by Gasteiger charge is -2.25. The van der Waals surface area contributed by atoms with Gasteiger partial charge >= 0.3 is 0 Å². The number of hydrogen-bond acceptors (Lipinski definition) is 5. The second-order valence-electron chi connectivity index (χ2n) is 4.98. The molecule has 1 N–H and O–H groups in total. The van der Waals surface area contributed by atoms with Gasteiger partial charge in [-0.1, -0.05) is 0 Å². The summed E-state index contributed by atoms with van der Waals surface area (Å²) in [6.45, 7) is 2.91. The van der Waals surface area contributed by atoms with E-state index in [0.717, 1.165) is 42.1 Å². The normalized spacial score (nSPS) is 22.7. The van der Waals surface area contributed by atoms with E-state index in [9.17, 15) is 0 Å². The van der Waals surface area contributed by atoms with Gasteiger partial charge in [-0.25, -0.2) is 9.97 Å². The Morgan fingerprint density at radius 3 is 3.15 bits per heavy atom. The van der Waals surface area contributed by atoms with Gasteiger partial charge in [-0.2, -0.15) is 0 Å². The highest BCUT2D eigenvalue weighted by atomic mass is 79.9. The first-order valence-electron chi connectivity index (χ1n) is 6.54. The molecule has 20 heavy (non-hydrogen) atoms. The fourth-order valence-electron chi connectivity index (χ4n) is 2.43. The molecule has 2 aromatic heterocycles. The van der Waals surface area contributed by atoms with E-state index in [1.165, 1.54) is 0 Å². The highest BCUT2D eigenvalue weighted by Crippen LogP contribution is 2.21. The van der Waals surface area contributed by atoms with Gasteiger partial charge in [0.15, 0.2) is 5.65 Å². The summed E-state index contributed by atoms with van der Waals surface area (Å²) in [6.07, 6.45) is 6.46. The first-order valence-corrected chi connectivity index (χ1v) is 7.33. The average Bonchev–Trinajstić information content (AvgIpc) is 3.07. The fraction of sp³-hybridized carbons (Fsp3) is 0.538. The monoisotopic (exact) mass is 340 g/mol. The Hall–Kier alpha value is -1.02. The van der Waals surface area contributed by atoms with Crippen molar-refractivity contribution >= 4 is 21.6 Å². The number of halogens is 1. The summed E-state index contributed by atoms with van der Waals surface area (Å²) in [5, 5.41) is 3.43. The van der Waals surface area contributed by atoms with Crippen LogP contribution in [0, 0.1) is 0 Å². The molecule has 0 radical (unpaired) electrons. The van der Waals surface area contributed by atoms with Crippen molar-refractivity contribution in [2.24, 2.45) is 0 Å². The Morgan fingerprint density at radius 1 is 1.50 bits per heavy atom. The molecule has 0 saturated carbocycles. The van der Waals surface area contributed by atoms with Crippen molar-refractivity contribution in [1.82, 2.24) is 19.7 Å². The zero-order valence-electron chi connectivity index (χ0n) is 11.3. The lowest BCUT2D eigenvalue weighted by molar-refractivity contribution is -0.0159. The third kappa shape index (κ3) is 2.71. The molecule has 108 valence electrons. The largest absolute Gasteiger partial charge is 0.378 e. The second kappa shape index (κ2) is 5.77. The summed E-state index contributed by atoms with van der Waals surface area (Å²) >= 11 is 3.38. The molecule has 1 saturated heterocycles. The van der Waals surface area contributed by atoms with Crippen LogP contribution in [0.1, 0.15) is 12.1 Å². The van der Waals surface area contributed by atoms with Crippen LogP contribution >= 0.6 is 15.9 Å². The fourth-order valence-corrected chi connectivity index (χ4v) is 2.73. The molecule has 7 heteroatoms.